The van der Waals surface area contributed by atoms with Crippen molar-refractivity contribution in [3.05, 3.63) is 109 Å². The van der Waals surface area contributed by atoms with Gasteiger partial charge in [0.25, 0.3) is 0 Å². The summed E-state index contributed by atoms with van der Waals surface area (Å²) in [4.78, 5) is 26.7. The van der Waals surface area contributed by atoms with E-state index >= 15 is 0 Å². The first-order valence-electron chi connectivity index (χ1n) is 36.7. The van der Waals surface area contributed by atoms with E-state index in [0.717, 1.165) is 122 Å². The number of rotatable bonds is 62. The molecule has 1 heterocycles. The number of unbranched alkanes of at least 4 members (excludes halogenated alkanes) is 32. The van der Waals surface area contributed by atoms with Crippen LogP contribution < -0.4 is 5.32 Å². The molecule has 1 fully saturated rings. The molecule has 8 unspecified atom stereocenters. The molecular weight excluding hydrogens is 1110 g/mol. The maximum absolute atomic E-state index is 13.5. The molecule has 1 aliphatic rings. The zero-order chi connectivity index (χ0) is 64.6. The smallest absolute Gasteiger partial charge is 0.306 e. The maximum Gasteiger partial charge on any atom is 0.306 e. The molecule has 0 aromatic heterocycles. The third-order valence-corrected chi connectivity index (χ3v) is 16.7. The van der Waals surface area contributed by atoms with Crippen LogP contribution >= 0.6 is 0 Å². The van der Waals surface area contributed by atoms with Crippen molar-refractivity contribution >= 4 is 11.9 Å². The summed E-state index contributed by atoms with van der Waals surface area (Å²) in [6.45, 7) is 5.67. The molecule has 6 N–H and O–H groups in total. The second kappa shape index (κ2) is 64.4. The molecule has 0 spiro atoms. The summed E-state index contributed by atoms with van der Waals surface area (Å²) in [6, 6.07) is -1.04. The van der Waals surface area contributed by atoms with Gasteiger partial charge in [0.1, 0.15) is 24.4 Å². The number of allylic oxidation sites excluding steroid dienone is 17. The summed E-state index contributed by atoms with van der Waals surface area (Å²) < 4.78 is 17.7. The van der Waals surface area contributed by atoms with Gasteiger partial charge in [-0.15, -0.1) is 0 Å². The molecule has 1 amide bonds. The Bertz CT molecular complexity index is 1870. The lowest BCUT2D eigenvalue weighted by atomic mass is 9.99. The molecular formula is C78H135NO10. The summed E-state index contributed by atoms with van der Waals surface area (Å²) in [5.41, 5.74) is 0. The van der Waals surface area contributed by atoms with Gasteiger partial charge in [-0.05, 0) is 109 Å². The standard InChI is InChI=1S/C78H135NO10/c1-4-7-10-13-16-19-22-25-27-29-31-33-35-36-37-39-41-43-45-48-51-54-57-60-63-66-73(83)89-76-75(85)74(84)72(67-80)88-78(76)87-68-69(70(81)64-61-58-55-52-49-46-24-21-18-15-12-9-6-3)79-77(86)71(82)65-62-59-56-53-50-47-44-42-40-38-34-32-30-28-26-23-20-17-14-11-8-5-2/h8,11,16-17,19-20,25-28,31-34,40,42,61,64,69-72,74-76,78,80-82,84-85H,4-7,9-10,12-15,18,21-24,29-30,35-39,41,43-60,62-63,65-68H2,1-3H3,(H,79,86)/b11-8-,19-16-,20-17-,27-25-,28-26-,33-31-,34-32-,42-40-,64-61+. The van der Waals surface area contributed by atoms with Gasteiger partial charge in [-0.2, -0.15) is 0 Å². The summed E-state index contributed by atoms with van der Waals surface area (Å²) in [7, 11) is 0. The minimum atomic E-state index is -1.62. The highest BCUT2D eigenvalue weighted by Gasteiger charge is 2.47. The third-order valence-electron chi connectivity index (χ3n) is 16.7. The molecule has 11 nitrogen and oxygen atoms in total. The van der Waals surface area contributed by atoms with E-state index in [1.807, 2.05) is 6.08 Å². The number of carbonyl (C=O) groups excluding carboxylic acids is 2. The van der Waals surface area contributed by atoms with E-state index in [1.54, 1.807) is 6.08 Å². The number of carbonyl (C=O) groups is 2. The van der Waals surface area contributed by atoms with Crippen molar-refractivity contribution in [1.29, 1.82) is 0 Å². The zero-order valence-electron chi connectivity index (χ0n) is 57.0. The van der Waals surface area contributed by atoms with Crippen molar-refractivity contribution in [2.45, 2.75) is 359 Å². The van der Waals surface area contributed by atoms with Crippen LogP contribution in [0, 0.1) is 0 Å². The highest BCUT2D eigenvalue weighted by Crippen LogP contribution is 2.26. The van der Waals surface area contributed by atoms with Gasteiger partial charge >= 0.3 is 5.97 Å². The van der Waals surface area contributed by atoms with Crippen LogP contribution in [0.5, 0.6) is 0 Å². The molecule has 512 valence electrons. The molecule has 1 rings (SSSR count). The van der Waals surface area contributed by atoms with Crippen LogP contribution in [0.2, 0.25) is 0 Å². The molecule has 1 saturated heterocycles. The van der Waals surface area contributed by atoms with Gasteiger partial charge in [-0.3, -0.25) is 9.59 Å². The average Bonchev–Trinajstić information content (AvgIpc) is 3.11. The lowest BCUT2D eigenvalue weighted by Crippen LogP contribution is -2.61. The third kappa shape index (κ3) is 51.5. The summed E-state index contributed by atoms with van der Waals surface area (Å²) >= 11 is 0. The predicted molar refractivity (Wildman–Crippen MR) is 375 cm³/mol. The van der Waals surface area contributed by atoms with E-state index in [4.69, 9.17) is 14.2 Å². The predicted octanol–water partition coefficient (Wildman–Crippen LogP) is 19.2. The van der Waals surface area contributed by atoms with Crippen LogP contribution in [0.1, 0.15) is 310 Å². The molecule has 0 aromatic carbocycles. The van der Waals surface area contributed by atoms with Gasteiger partial charge in [-0.1, -0.05) is 304 Å². The molecule has 8 atom stereocenters. The van der Waals surface area contributed by atoms with Crippen LogP contribution in [0.25, 0.3) is 0 Å². The number of hydrogen-bond acceptors (Lipinski definition) is 10. The van der Waals surface area contributed by atoms with Gasteiger partial charge in [0.2, 0.25) is 5.91 Å². The van der Waals surface area contributed by atoms with Gasteiger partial charge in [0.05, 0.1) is 25.4 Å². The van der Waals surface area contributed by atoms with Crippen molar-refractivity contribution < 1.29 is 49.3 Å². The van der Waals surface area contributed by atoms with E-state index in [2.05, 4.69) is 123 Å². The lowest BCUT2D eigenvalue weighted by molar-refractivity contribution is -0.305. The molecule has 11 heteroatoms. The Balaban J connectivity index is 2.59. The largest absolute Gasteiger partial charge is 0.454 e. The Morgan fingerprint density at radius 3 is 1.24 bits per heavy atom. The summed E-state index contributed by atoms with van der Waals surface area (Å²) in [5, 5.41) is 57.3. The van der Waals surface area contributed by atoms with E-state index in [0.29, 0.717) is 12.8 Å². The fourth-order valence-corrected chi connectivity index (χ4v) is 10.9. The first-order chi connectivity index (χ1) is 43.7. The van der Waals surface area contributed by atoms with Crippen LogP contribution in [0.3, 0.4) is 0 Å². The van der Waals surface area contributed by atoms with Gasteiger partial charge in [0.15, 0.2) is 12.4 Å². The molecule has 0 saturated carbocycles. The monoisotopic (exact) mass is 1250 g/mol. The Hall–Kier alpha value is -3.68. The zero-order valence-corrected chi connectivity index (χ0v) is 57.0. The number of esters is 1. The SMILES string of the molecule is CC/C=C\C/C=C\C/C=C\C/C=C\C/C=C\CCCCCCCCC(O)C(=O)NC(COC1OC(CO)C(O)C(O)C1OC(=O)CCCCCCCCCCCCCC/C=C\C/C=C\C/C=C\CCCCC)C(O)/C=C/CCCCCCCCCCCCC. The maximum atomic E-state index is 13.5. The average molecular weight is 1250 g/mol. The molecule has 0 aromatic rings. The number of aliphatic hydroxyl groups is 5. The molecule has 0 radical (unpaired) electrons. The van der Waals surface area contributed by atoms with Crippen LogP contribution in [-0.4, -0.2) is 99.6 Å². The normalized spacial score (nSPS) is 18.8. The minimum absolute atomic E-state index is 0.116. The number of aliphatic hydroxyl groups excluding tert-OH is 5. The van der Waals surface area contributed by atoms with Crippen molar-refractivity contribution in [2.24, 2.45) is 0 Å². The summed E-state index contributed by atoms with van der Waals surface area (Å²) in [6.07, 6.45) is 78.3. The fraction of sp³-hybridized carbons (Fsp3) is 0.744. The van der Waals surface area contributed by atoms with Crippen LogP contribution in [0.15, 0.2) is 109 Å². The van der Waals surface area contributed by atoms with Gasteiger partial charge in [0, 0.05) is 6.42 Å². The number of hydrogen-bond donors (Lipinski definition) is 6. The molecule has 0 bridgehead atoms. The Kier molecular flexibility index (Phi) is 60.3. The lowest BCUT2D eigenvalue weighted by Gasteiger charge is -2.41. The van der Waals surface area contributed by atoms with Crippen molar-refractivity contribution in [1.82, 2.24) is 5.32 Å². The first kappa shape index (κ1) is 83.3. The van der Waals surface area contributed by atoms with E-state index in [1.165, 1.54) is 141 Å². The van der Waals surface area contributed by atoms with Gasteiger partial charge in [-0.25, -0.2) is 0 Å². The second-order valence-corrected chi connectivity index (χ2v) is 24.9. The molecule has 0 aliphatic carbocycles. The first-order valence-corrected chi connectivity index (χ1v) is 36.7. The Labute approximate surface area is 545 Å². The fourth-order valence-electron chi connectivity index (χ4n) is 10.9. The topological polar surface area (TPSA) is 175 Å². The highest BCUT2D eigenvalue weighted by atomic mass is 16.7. The summed E-state index contributed by atoms with van der Waals surface area (Å²) in [5.74, 6) is -1.21. The van der Waals surface area contributed by atoms with E-state index < -0.39 is 67.4 Å². The van der Waals surface area contributed by atoms with E-state index in [-0.39, 0.29) is 19.4 Å². The molecule has 89 heavy (non-hydrogen) atoms. The Morgan fingerprint density at radius 1 is 0.449 bits per heavy atom. The van der Waals surface area contributed by atoms with Crippen LogP contribution in [0.4, 0.5) is 0 Å². The van der Waals surface area contributed by atoms with Crippen molar-refractivity contribution in [3.8, 4) is 0 Å². The number of amides is 1. The number of ether oxygens (including phenoxy) is 3. The van der Waals surface area contributed by atoms with Gasteiger partial charge < -0.3 is 45.1 Å². The number of nitrogens with one attached hydrogen (secondary N) is 1. The van der Waals surface area contributed by atoms with E-state index in [9.17, 15) is 35.1 Å². The van der Waals surface area contributed by atoms with Crippen molar-refractivity contribution in [3.63, 3.8) is 0 Å². The molecule has 1 aliphatic heterocycles. The Morgan fingerprint density at radius 2 is 0.809 bits per heavy atom. The second-order valence-electron chi connectivity index (χ2n) is 24.9. The van der Waals surface area contributed by atoms with Crippen molar-refractivity contribution in [2.75, 3.05) is 13.2 Å². The quantitative estimate of drug-likeness (QED) is 0.0195. The minimum Gasteiger partial charge on any atom is -0.454 e. The highest BCUT2D eigenvalue weighted by molar-refractivity contribution is 5.80. The van der Waals surface area contributed by atoms with Crippen LogP contribution in [-0.2, 0) is 23.8 Å².